The summed E-state index contributed by atoms with van der Waals surface area (Å²) < 4.78 is 5.27. The summed E-state index contributed by atoms with van der Waals surface area (Å²) in [6, 6.07) is -1.30. The molecule has 19 heavy (non-hydrogen) atoms. The number of ether oxygens (including phenoxy) is 1. The van der Waals surface area contributed by atoms with Gasteiger partial charge in [-0.15, -0.1) is 0 Å². The minimum atomic E-state index is -0.695. The maximum atomic E-state index is 11.9. The summed E-state index contributed by atoms with van der Waals surface area (Å²) in [7, 11) is 0. The van der Waals surface area contributed by atoms with E-state index in [0.29, 0.717) is 19.8 Å². The second kappa shape index (κ2) is 9.38. The Bertz CT molecular complexity index is 318. The van der Waals surface area contributed by atoms with E-state index in [4.69, 9.17) is 10.5 Å². The van der Waals surface area contributed by atoms with Crippen LogP contribution in [0.25, 0.3) is 0 Å². The van der Waals surface area contributed by atoms with Crippen molar-refractivity contribution < 1.29 is 14.3 Å². The zero-order valence-electron chi connectivity index (χ0n) is 12.0. The molecule has 0 aromatic heterocycles. The van der Waals surface area contributed by atoms with Crippen LogP contribution in [0, 0.1) is 5.92 Å². The lowest BCUT2D eigenvalue weighted by Gasteiger charge is -2.22. The average Bonchev–Trinajstić information content (AvgIpc) is 2.33. The van der Waals surface area contributed by atoms with Crippen molar-refractivity contribution in [2.24, 2.45) is 11.7 Å². The van der Waals surface area contributed by atoms with Gasteiger partial charge in [0.25, 0.3) is 0 Å². The number of nitrogens with one attached hydrogen (secondary N) is 2. The fourth-order valence-electron chi connectivity index (χ4n) is 1.46. The molecule has 0 aliphatic heterocycles. The van der Waals surface area contributed by atoms with Crippen LogP contribution in [0.3, 0.4) is 0 Å². The van der Waals surface area contributed by atoms with Crippen LogP contribution in [-0.2, 0) is 9.53 Å². The van der Waals surface area contributed by atoms with E-state index in [1.807, 2.05) is 20.8 Å². The number of carbonyl (C=O) groups is 2. The fraction of sp³-hybridized carbons (Fsp3) is 0.692. The Morgan fingerprint density at radius 1 is 1.42 bits per heavy atom. The van der Waals surface area contributed by atoms with Gasteiger partial charge in [-0.1, -0.05) is 32.4 Å². The van der Waals surface area contributed by atoms with Crippen molar-refractivity contribution in [2.75, 3.05) is 19.8 Å². The van der Waals surface area contributed by atoms with Crippen LogP contribution in [0.2, 0.25) is 0 Å². The highest BCUT2D eigenvalue weighted by Gasteiger charge is 2.24. The number of urea groups is 1. The van der Waals surface area contributed by atoms with E-state index in [-0.39, 0.29) is 11.8 Å². The molecule has 0 aliphatic rings. The summed E-state index contributed by atoms with van der Waals surface area (Å²) in [4.78, 5) is 22.8. The Hall–Kier alpha value is -1.56. The summed E-state index contributed by atoms with van der Waals surface area (Å²) in [6.07, 6.45) is 0.768. The van der Waals surface area contributed by atoms with Crippen molar-refractivity contribution in [3.63, 3.8) is 0 Å². The van der Waals surface area contributed by atoms with Gasteiger partial charge in [-0.2, -0.15) is 0 Å². The third-order valence-corrected chi connectivity index (χ3v) is 2.69. The number of primary amides is 1. The number of hydrogen-bond donors (Lipinski definition) is 3. The zero-order valence-corrected chi connectivity index (χ0v) is 12.0. The van der Waals surface area contributed by atoms with E-state index in [2.05, 4.69) is 17.2 Å². The Labute approximate surface area is 114 Å². The molecule has 0 radical (unpaired) electrons. The maximum absolute atomic E-state index is 11.9. The van der Waals surface area contributed by atoms with E-state index in [9.17, 15) is 9.59 Å². The molecule has 6 nitrogen and oxygen atoms in total. The standard InChI is InChI=1S/C13H25N3O3/c1-5-10(4)11(16-13(14)18)12(17)15-6-7-19-8-9(2)3/h10-11H,2,5-8H2,1,3-4H3,(H,15,17)(H3,14,16,18). The monoisotopic (exact) mass is 271 g/mol. The van der Waals surface area contributed by atoms with Gasteiger partial charge in [-0.05, 0) is 12.8 Å². The van der Waals surface area contributed by atoms with Gasteiger partial charge in [-0.3, -0.25) is 4.79 Å². The second-order valence-corrected chi connectivity index (χ2v) is 4.67. The third kappa shape index (κ3) is 8.20. The van der Waals surface area contributed by atoms with Crippen molar-refractivity contribution in [2.45, 2.75) is 33.2 Å². The van der Waals surface area contributed by atoms with Gasteiger partial charge in [0.2, 0.25) is 5.91 Å². The first kappa shape index (κ1) is 17.4. The normalized spacial score (nSPS) is 13.4. The molecule has 0 fully saturated rings. The third-order valence-electron chi connectivity index (χ3n) is 2.69. The minimum absolute atomic E-state index is 0.0174. The highest BCUT2D eigenvalue weighted by molar-refractivity contribution is 5.86. The van der Waals surface area contributed by atoms with Gasteiger partial charge in [0.15, 0.2) is 0 Å². The van der Waals surface area contributed by atoms with E-state index >= 15 is 0 Å². The highest BCUT2D eigenvalue weighted by Crippen LogP contribution is 2.07. The summed E-state index contributed by atoms with van der Waals surface area (Å²) in [5, 5.41) is 5.17. The highest BCUT2D eigenvalue weighted by atomic mass is 16.5. The molecular weight excluding hydrogens is 246 g/mol. The second-order valence-electron chi connectivity index (χ2n) is 4.67. The van der Waals surface area contributed by atoms with Gasteiger partial charge < -0.3 is 21.1 Å². The smallest absolute Gasteiger partial charge is 0.312 e. The molecule has 0 aromatic carbocycles. The number of carbonyl (C=O) groups excluding carboxylic acids is 2. The van der Waals surface area contributed by atoms with Gasteiger partial charge in [0, 0.05) is 6.54 Å². The Morgan fingerprint density at radius 2 is 2.05 bits per heavy atom. The largest absolute Gasteiger partial charge is 0.375 e. The quantitative estimate of drug-likeness (QED) is 0.427. The summed E-state index contributed by atoms with van der Waals surface area (Å²) in [5.74, 6) is -0.226. The molecule has 2 unspecified atom stereocenters. The molecule has 0 rings (SSSR count). The molecular formula is C13H25N3O3. The summed E-state index contributed by atoms with van der Waals surface area (Å²) >= 11 is 0. The van der Waals surface area contributed by atoms with Crippen molar-refractivity contribution in [3.05, 3.63) is 12.2 Å². The molecule has 0 spiro atoms. The Balaban J connectivity index is 4.10. The van der Waals surface area contributed by atoms with Crippen LogP contribution in [0.15, 0.2) is 12.2 Å². The van der Waals surface area contributed by atoms with Crippen LogP contribution < -0.4 is 16.4 Å². The zero-order chi connectivity index (χ0) is 14.8. The first-order valence-corrected chi connectivity index (χ1v) is 6.44. The van der Waals surface area contributed by atoms with Crippen LogP contribution in [-0.4, -0.2) is 37.7 Å². The Kier molecular flexibility index (Phi) is 8.61. The number of hydrogen-bond acceptors (Lipinski definition) is 3. The number of rotatable bonds is 9. The molecule has 0 bridgehead atoms. The first-order valence-electron chi connectivity index (χ1n) is 6.44. The van der Waals surface area contributed by atoms with Crippen LogP contribution in [0.5, 0.6) is 0 Å². The van der Waals surface area contributed by atoms with E-state index in [0.717, 1.165) is 12.0 Å². The van der Waals surface area contributed by atoms with Crippen LogP contribution in [0.4, 0.5) is 4.79 Å². The SMILES string of the molecule is C=C(C)COCCNC(=O)C(NC(N)=O)C(C)CC. The van der Waals surface area contributed by atoms with Crippen molar-refractivity contribution in [1.29, 1.82) is 0 Å². The van der Waals surface area contributed by atoms with Gasteiger partial charge in [-0.25, -0.2) is 4.79 Å². The number of amides is 3. The lowest BCUT2D eigenvalue weighted by atomic mass is 9.98. The van der Waals surface area contributed by atoms with Crippen molar-refractivity contribution >= 4 is 11.9 Å². The molecule has 0 saturated carbocycles. The lowest BCUT2D eigenvalue weighted by Crippen LogP contribution is -2.52. The van der Waals surface area contributed by atoms with Crippen LogP contribution >= 0.6 is 0 Å². The van der Waals surface area contributed by atoms with E-state index < -0.39 is 12.1 Å². The minimum Gasteiger partial charge on any atom is -0.375 e. The summed E-state index contributed by atoms with van der Waals surface area (Å²) in [6.45, 7) is 10.7. The van der Waals surface area contributed by atoms with Gasteiger partial charge in [0.05, 0.1) is 13.2 Å². The Morgan fingerprint density at radius 3 is 2.53 bits per heavy atom. The first-order chi connectivity index (χ1) is 8.88. The predicted octanol–water partition coefficient (Wildman–Crippen LogP) is 0.778. The molecule has 0 heterocycles. The van der Waals surface area contributed by atoms with Crippen LogP contribution in [0.1, 0.15) is 27.2 Å². The molecule has 0 aliphatic carbocycles. The van der Waals surface area contributed by atoms with Gasteiger partial charge in [0.1, 0.15) is 6.04 Å². The molecule has 2 atom stereocenters. The maximum Gasteiger partial charge on any atom is 0.312 e. The molecule has 3 amide bonds. The molecule has 110 valence electrons. The summed E-state index contributed by atoms with van der Waals surface area (Å²) in [5.41, 5.74) is 6.00. The fourth-order valence-corrected chi connectivity index (χ4v) is 1.46. The molecule has 6 heteroatoms. The van der Waals surface area contributed by atoms with E-state index in [1.54, 1.807) is 0 Å². The molecule has 0 saturated heterocycles. The molecule has 0 aromatic rings. The topological polar surface area (TPSA) is 93.4 Å². The average molecular weight is 271 g/mol. The van der Waals surface area contributed by atoms with Gasteiger partial charge >= 0.3 is 6.03 Å². The lowest BCUT2D eigenvalue weighted by molar-refractivity contribution is -0.124. The van der Waals surface area contributed by atoms with Crippen molar-refractivity contribution in [1.82, 2.24) is 10.6 Å². The van der Waals surface area contributed by atoms with Crippen molar-refractivity contribution in [3.8, 4) is 0 Å². The van der Waals surface area contributed by atoms with E-state index in [1.165, 1.54) is 0 Å². The number of nitrogens with two attached hydrogens (primary N) is 1. The molecule has 4 N–H and O–H groups in total. The predicted molar refractivity (Wildman–Crippen MR) is 74.6 cm³/mol.